The Bertz CT molecular complexity index is 688. The summed E-state index contributed by atoms with van der Waals surface area (Å²) in [5.41, 5.74) is 0.639. The minimum atomic E-state index is -1.14. The van der Waals surface area contributed by atoms with Crippen molar-refractivity contribution in [2.45, 2.75) is 38.3 Å². The number of nitrogens with zero attached hydrogens (tertiary/aromatic N) is 1. The van der Waals surface area contributed by atoms with E-state index in [1.54, 1.807) is 6.92 Å². The van der Waals surface area contributed by atoms with Crippen molar-refractivity contribution >= 4 is 30.3 Å². The second-order valence-electron chi connectivity index (χ2n) is 6.90. The molecule has 7 nitrogen and oxygen atoms in total. The van der Waals surface area contributed by atoms with E-state index in [-0.39, 0.29) is 30.9 Å². The van der Waals surface area contributed by atoms with Crippen LogP contribution in [0.2, 0.25) is 0 Å². The number of piperidine rings is 1. The number of carbonyl (C=O) groups excluding carboxylic acids is 3. The van der Waals surface area contributed by atoms with Gasteiger partial charge in [-0.05, 0) is 45.3 Å². The molecule has 1 aromatic rings. The molecule has 2 aliphatic rings. The van der Waals surface area contributed by atoms with Crippen LogP contribution in [0.5, 0.6) is 0 Å². The number of hydrogen-bond donors (Lipinski definition) is 3. The minimum Gasteiger partial charge on any atom is -0.352 e. The molecule has 0 aromatic heterocycles. The molecule has 2 saturated heterocycles. The summed E-state index contributed by atoms with van der Waals surface area (Å²) in [4.78, 5) is 38.3. The Morgan fingerprint density at radius 3 is 2.46 bits per heavy atom. The third-order valence-electron chi connectivity index (χ3n) is 4.91. The van der Waals surface area contributed by atoms with Crippen molar-refractivity contribution in [3.05, 3.63) is 35.4 Å². The first kappa shape index (κ1) is 20.2. The topological polar surface area (TPSA) is 90.5 Å². The maximum Gasteiger partial charge on any atom is 0.325 e. The summed E-state index contributed by atoms with van der Waals surface area (Å²) >= 11 is 0. The van der Waals surface area contributed by atoms with E-state index in [2.05, 4.69) is 16.0 Å². The molecule has 2 fully saturated rings. The molecule has 4 amide bonds. The van der Waals surface area contributed by atoms with Crippen LogP contribution >= 0.6 is 12.4 Å². The van der Waals surface area contributed by atoms with E-state index < -0.39 is 17.5 Å². The number of hydrogen-bond acceptors (Lipinski definition) is 4. The Labute approximate surface area is 159 Å². The maximum atomic E-state index is 12.8. The minimum absolute atomic E-state index is 0. The summed E-state index contributed by atoms with van der Waals surface area (Å²) in [7, 11) is 0. The van der Waals surface area contributed by atoms with Crippen molar-refractivity contribution in [1.82, 2.24) is 20.9 Å². The summed E-state index contributed by atoms with van der Waals surface area (Å²) in [5.74, 6) is -0.703. The molecule has 0 radical (unpaired) electrons. The number of halogens is 1. The van der Waals surface area contributed by atoms with Gasteiger partial charge in [0.1, 0.15) is 12.1 Å². The van der Waals surface area contributed by atoms with Crippen LogP contribution in [0.1, 0.15) is 30.9 Å². The van der Waals surface area contributed by atoms with E-state index in [1.807, 2.05) is 31.2 Å². The summed E-state index contributed by atoms with van der Waals surface area (Å²) in [6.45, 7) is 5.09. The van der Waals surface area contributed by atoms with Crippen LogP contribution in [0.3, 0.4) is 0 Å². The van der Waals surface area contributed by atoms with Crippen LogP contribution < -0.4 is 16.0 Å². The van der Waals surface area contributed by atoms with E-state index in [4.69, 9.17) is 0 Å². The van der Waals surface area contributed by atoms with E-state index in [9.17, 15) is 14.4 Å². The first-order valence-corrected chi connectivity index (χ1v) is 8.61. The van der Waals surface area contributed by atoms with Crippen LogP contribution in [0, 0.1) is 6.92 Å². The zero-order valence-electron chi connectivity index (χ0n) is 15.0. The Balaban J connectivity index is 0.00000243. The van der Waals surface area contributed by atoms with E-state index >= 15 is 0 Å². The highest BCUT2D eigenvalue weighted by atomic mass is 35.5. The zero-order chi connectivity index (χ0) is 18.0. The van der Waals surface area contributed by atoms with Gasteiger partial charge in [0, 0.05) is 6.04 Å². The van der Waals surface area contributed by atoms with Crippen molar-refractivity contribution in [2.24, 2.45) is 0 Å². The number of urea groups is 1. The van der Waals surface area contributed by atoms with Gasteiger partial charge in [0.25, 0.3) is 5.91 Å². The number of rotatable bonds is 4. The Morgan fingerprint density at radius 1 is 1.23 bits per heavy atom. The molecule has 2 aliphatic heterocycles. The average molecular weight is 381 g/mol. The first-order valence-electron chi connectivity index (χ1n) is 8.61. The molecule has 142 valence electrons. The molecular formula is C18H25ClN4O3. The molecule has 1 atom stereocenters. The largest absolute Gasteiger partial charge is 0.352 e. The van der Waals surface area contributed by atoms with Crippen molar-refractivity contribution in [1.29, 1.82) is 0 Å². The number of benzene rings is 1. The fourth-order valence-corrected chi connectivity index (χ4v) is 3.31. The van der Waals surface area contributed by atoms with Crippen molar-refractivity contribution in [3.63, 3.8) is 0 Å². The van der Waals surface area contributed by atoms with Gasteiger partial charge in [0.15, 0.2) is 0 Å². The van der Waals surface area contributed by atoms with Crippen molar-refractivity contribution in [2.75, 3.05) is 19.6 Å². The smallest absolute Gasteiger partial charge is 0.325 e. The average Bonchev–Trinajstić information content (AvgIpc) is 2.80. The lowest BCUT2D eigenvalue weighted by Gasteiger charge is -2.25. The number of imide groups is 1. The number of aryl methyl sites for hydroxylation is 1. The molecule has 1 aromatic carbocycles. The van der Waals surface area contributed by atoms with Gasteiger partial charge in [-0.1, -0.05) is 29.8 Å². The predicted molar refractivity (Wildman–Crippen MR) is 100 cm³/mol. The fourth-order valence-electron chi connectivity index (χ4n) is 3.31. The lowest BCUT2D eigenvalue weighted by Crippen LogP contribution is -2.48. The molecule has 0 aliphatic carbocycles. The highest BCUT2D eigenvalue weighted by Crippen LogP contribution is 2.28. The second-order valence-corrected chi connectivity index (χ2v) is 6.90. The molecule has 3 rings (SSSR count). The van der Waals surface area contributed by atoms with Crippen molar-refractivity contribution in [3.8, 4) is 0 Å². The van der Waals surface area contributed by atoms with Crippen molar-refractivity contribution < 1.29 is 14.4 Å². The Kier molecular flexibility index (Phi) is 6.26. The summed E-state index contributed by atoms with van der Waals surface area (Å²) in [6.07, 6.45) is 1.71. The van der Waals surface area contributed by atoms with Gasteiger partial charge in [-0.15, -0.1) is 12.4 Å². The van der Waals surface area contributed by atoms with E-state index in [1.165, 1.54) is 0 Å². The first-order chi connectivity index (χ1) is 11.9. The molecule has 26 heavy (non-hydrogen) atoms. The van der Waals surface area contributed by atoms with Gasteiger partial charge in [-0.25, -0.2) is 4.79 Å². The molecule has 3 N–H and O–H groups in total. The molecule has 1 unspecified atom stereocenters. The number of carbonyl (C=O) groups is 3. The quantitative estimate of drug-likeness (QED) is 0.681. The molecule has 8 heteroatoms. The molecule has 0 saturated carbocycles. The maximum absolute atomic E-state index is 12.8. The van der Waals surface area contributed by atoms with Gasteiger partial charge in [0.2, 0.25) is 5.91 Å². The third kappa shape index (κ3) is 3.99. The number of amides is 4. The molecule has 2 heterocycles. The van der Waals surface area contributed by atoms with Crippen LogP contribution in [0.25, 0.3) is 0 Å². The van der Waals surface area contributed by atoms with Gasteiger partial charge < -0.3 is 16.0 Å². The van der Waals surface area contributed by atoms with Gasteiger partial charge >= 0.3 is 6.03 Å². The van der Waals surface area contributed by atoms with Crippen LogP contribution in [0.4, 0.5) is 4.79 Å². The highest BCUT2D eigenvalue weighted by Gasteiger charge is 2.49. The summed E-state index contributed by atoms with van der Waals surface area (Å²) in [5, 5.41) is 8.86. The van der Waals surface area contributed by atoms with Gasteiger partial charge in [-0.2, -0.15) is 0 Å². The fraction of sp³-hybridized carbons (Fsp3) is 0.500. The monoisotopic (exact) mass is 380 g/mol. The van der Waals surface area contributed by atoms with E-state index in [0.29, 0.717) is 5.56 Å². The standard InChI is InChI=1S/C18H24N4O3.ClH/c1-12-3-5-13(6-4-12)18(2)16(24)22(17(25)21-18)11-15(23)20-14-7-9-19-10-8-14;/h3-6,14,19H,7-11H2,1-2H3,(H,20,23)(H,21,25);1H. The van der Waals surface area contributed by atoms with Gasteiger partial charge in [0.05, 0.1) is 0 Å². The van der Waals surface area contributed by atoms with Crippen LogP contribution in [-0.4, -0.2) is 48.4 Å². The highest BCUT2D eigenvalue weighted by molar-refractivity contribution is 6.09. The Morgan fingerprint density at radius 2 is 1.85 bits per heavy atom. The molecule has 0 bridgehead atoms. The predicted octanol–water partition coefficient (Wildman–Crippen LogP) is 1.05. The van der Waals surface area contributed by atoms with Gasteiger partial charge in [-0.3, -0.25) is 14.5 Å². The lowest BCUT2D eigenvalue weighted by molar-refractivity contribution is -0.135. The third-order valence-corrected chi connectivity index (χ3v) is 4.91. The number of nitrogens with one attached hydrogen (secondary N) is 3. The normalized spacial score (nSPS) is 23.4. The Hall–Kier alpha value is -2.12. The summed E-state index contributed by atoms with van der Waals surface area (Å²) < 4.78 is 0. The molecular weight excluding hydrogens is 356 g/mol. The summed E-state index contributed by atoms with van der Waals surface area (Å²) in [6, 6.07) is 7.00. The lowest BCUT2D eigenvalue weighted by atomic mass is 9.91. The molecule has 0 spiro atoms. The second kappa shape index (κ2) is 8.05. The zero-order valence-corrected chi connectivity index (χ0v) is 15.8. The van der Waals surface area contributed by atoms with Crippen LogP contribution in [0.15, 0.2) is 24.3 Å². The van der Waals surface area contributed by atoms with Crippen LogP contribution in [-0.2, 0) is 15.1 Å². The SMILES string of the molecule is Cc1ccc(C2(C)NC(=O)N(CC(=O)NC3CCNCC3)C2=O)cc1.Cl. The van der Waals surface area contributed by atoms with E-state index in [0.717, 1.165) is 36.4 Å².